The molecular weight excluding hydrogens is 246 g/mol. The van der Waals surface area contributed by atoms with E-state index in [2.05, 4.69) is 19.1 Å². The molecule has 1 saturated carbocycles. The fourth-order valence-electron chi connectivity index (χ4n) is 2.84. The van der Waals surface area contributed by atoms with Crippen molar-refractivity contribution in [2.24, 2.45) is 11.7 Å². The summed E-state index contributed by atoms with van der Waals surface area (Å²) in [5, 5.41) is 10.4. The summed E-state index contributed by atoms with van der Waals surface area (Å²) in [6.07, 6.45) is 5.64. The lowest BCUT2D eigenvalue weighted by Crippen LogP contribution is -2.34. The van der Waals surface area contributed by atoms with E-state index in [1.165, 1.54) is 24.8 Å². The van der Waals surface area contributed by atoms with E-state index in [0.717, 1.165) is 18.4 Å². The van der Waals surface area contributed by atoms with Gasteiger partial charge in [-0.3, -0.25) is 0 Å². The Kier molecular flexibility index (Phi) is 6.13. The number of rotatable bonds is 3. The summed E-state index contributed by atoms with van der Waals surface area (Å²) in [4.78, 5) is 0. The highest BCUT2D eigenvalue weighted by Crippen LogP contribution is 2.31. The lowest BCUT2D eigenvalue weighted by atomic mass is 9.81. The van der Waals surface area contributed by atoms with Crippen molar-refractivity contribution in [3.8, 4) is 0 Å². The van der Waals surface area contributed by atoms with Crippen LogP contribution in [0.3, 0.4) is 0 Å². The maximum absolute atomic E-state index is 10.4. The molecule has 1 aliphatic carbocycles. The molecule has 3 N–H and O–H groups in total. The third-order valence-corrected chi connectivity index (χ3v) is 3.93. The van der Waals surface area contributed by atoms with Gasteiger partial charge in [-0.05, 0) is 31.2 Å². The predicted molar refractivity (Wildman–Crippen MR) is 77.9 cm³/mol. The number of benzene rings is 1. The first-order valence-electron chi connectivity index (χ1n) is 6.68. The molecule has 1 aromatic carbocycles. The van der Waals surface area contributed by atoms with Crippen LogP contribution in [-0.4, -0.2) is 11.2 Å². The average molecular weight is 270 g/mol. The van der Waals surface area contributed by atoms with Crippen LogP contribution < -0.4 is 5.73 Å². The number of hydrogen-bond donors (Lipinski definition) is 2. The van der Waals surface area contributed by atoms with Crippen LogP contribution in [0.25, 0.3) is 0 Å². The Morgan fingerprint density at radius 1 is 1.22 bits per heavy atom. The van der Waals surface area contributed by atoms with E-state index in [1.54, 1.807) is 0 Å². The second-order valence-electron chi connectivity index (χ2n) is 5.33. The van der Waals surface area contributed by atoms with E-state index in [4.69, 9.17) is 5.73 Å². The van der Waals surface area contributed by atoms with Crippen LogP contribution in [0.5, 0.6) is 0 Å². The van der Waals surface area contributed by atoms with Gasteiger partial charge in [0.25, 0.3) is 0 Å². The van der Waals surface area contributed by atoms with Gasteiger partial charge in [0, 0.05) is 0 Å². The van der Waals surface area contributed by atoms with Gasteiger partial charge in [-0.2, -0.15) is 0 Å². The third kappa shape index (κ3) is 3.71. The van der Waals surface area contributed by atoms with Crippen LogP contribution in [-0.2, 0) is 0 Å². The SMILES string of the molecule is Cc1cccc([C@H](N)[C@H](O)C2CCCCC2)c1.Cl. The molecule has 0 bridgehead atoms. The summed E-state index contributed by atoms with van der Waals surface area (Å²) in [6, 6.07) is 7.93. The number of aliphatic hydroxyl groups excluding tert-OH is 1. The van der Waals surface area contributed by atoms with Gasteiger partial charge in [-0.25, -0.2) is 0 Å². The fraction of sp³-hybridized carbons (Fsp3) is 0.600. The molecule has 0 heterocycles. The molecule has 1 fully saturated rings. The van der Waals surface area contributed by atoms with Gasteiger partial charge < -0.3 is 10.8 Å². The third-order valence-electron chi connectivity index (χ3n) is 3.93. The second-order valence-corrected chi connectivity index (χ2v) is 5.33. The van der Waals surface area contributed by atoms with Crippen LogP contribution in [0.4, 0.5) is 0 Å². The van der Waals surface area contributed by atoms with E-state index in [9.17, 15) is 5.11 Å². The summed E-state index contributed by atoms with van der Waals surface area (Å²) in [7, 11) is 0. The molecular formula is C15H24ClNO. The van der Waals surface area contributed by atoms with E-state index in [1.807, 2.05) is 12.1 Å². The van der Waals surface area contributed by atoms with Crippen molar-refractivity contribution >= 4 is 12.4 Å². The fourth-order valence-corrected chi connectivity index (χ4v) is 2.84. The molecule has 18 heavy (non-hydrogen) atoms. The van der Waals surface area contributed by atoms with Crippen molar-refractivity contribution in [3.05, 3.63) is 35.4 Å². The topological polar surface area (TPSA) is 46.2 Å². The molecule has 1 aromatic rings. The molecule has 2 atom stereocenters. The first-order chi connectivity index (χ1) is 8.18. The van der Waals surface area contributed by atoms with Gasteiger partial charge in [0.1, 0.15) is 0 Å². The number of aliphatic hydroxyl groups is 1. The molecule has 0 aliphatic heterocycles. The first kappa shape index (κ1) is 15.5. The van der Waals surface area contributed by atoms with E-state index < -0.39 is 6.10 Å². The van der Waals surface area contributed by atoms with Gasteiger partial charge in [0.2, 0.25) is 0 Å². The van der Waals surface area contributed by atoms with Crippen molar-refractivity contribution in [2.75, 3.05) is 0 Å². The quantitative estimate of drug-likeness (QED) is 0.884. The van der Waals surface area contributed by atoms with Gasteiger partial charge in [0.05, 0.1) is 12.1 Å². The van der Waals surface area contributed by atoms with Crippen LogP contribution in [0.15, 0.2) is 24.3 Å². The molecule has 0 unspecified atom stereocenters. The molecule has 0 aromatic heterocycles. The van der Waals surface area contributed by atoms with Gasteiger partial charge in [-0.15, -0.1) is 12.4 Å². The van der Waals surface area contributed by atoms with E-state index >= 15 is 0 Å². The lowest BCUT2D eigenvalue weighted by Gasteiger charge is -2.30. The molecule has 0 amide bonds. The Bertz CT molecular complexity index is 363. The zero-order valence-corrected chi connectivity index (χ0v) is 11.8. The molecule has 0 saturated heterocycles. The normalized spacial score (nSPS) is 19.9. The maximum atomic E-state index is 10.4. The van der Waals surface area contributed by atoms with Crippen molar-refractivity contribution in [3.63, 3.8) is 0 Å². The Balaban J connectivity index is 0.00000162. The minimum atomic E-state index is -0.392. The van der Waals surface area contributed by atoms with Crippen molar-refractivity contribution in [2.45, 2.75) is 51.2 Å². The number of halogens is 1. The number of hydrogen-bond acceptors (Lipinski definition) is 2. The Morgan fingerprint density at radius 3 is 2.50 bits per heavy atom. The largest absolute Gasteiger partial charge is 0.391 e. The lowest BCUT2D eigenvalue weighted by molar-refractivity contribution is 0.0618. The summed E-state index contributed by atoms with van der Waals surface area (Å²) in [5.41, 5.74) is 8.45. The van der Waals surface area contributed by atoms with Crippen LogP contribution in [0.1, 0.15) is 49.3 Å². The molecule has 0 radical (unpaired) electrons. The number of aryl methyl sites for hydroxylation is 1. The molecule has 0 spiro atoms. The van der Waals surface area contributed by atoms with Crippen molar-refractivity contribution in [1.29, 1.82) is 0 Å². The Morgan fingerprint density at radius 2 is 1.89 bits per heavy atom. The maximum Gasteiger partial charge on any atom is 0.0760 e. The van der Waals surface area contributed by atoms with Crippen LogP contribution in [0.2, 0.25) is 0 Å². The van der Waals surface area contributed by atoms with Crippen LogP contribution >= 0.6 is 12.4 Å². The summed E-state index contributed by atoms with van der Waals surface area (Å²) in [6.45, 7) is 2.06. The average Bonchev–Trinajstić information content (AvgIpc) is 2.38. The van der Waals surface area contributed by atoms with E-state index in [0.29, 0.717) is 5.92 Å². The van der Waals surface area contributed by atoms with Crippen molar-refractivity contribution in [1.82, 2.24) is 0 Å². The highest BCUT2D eigenvalue weighted by atomic mass is 35.5. The second kappa shape index (κ2) is 7.13. The minimum absolute atomic E-state index is 0. The predicted octanol–water partition coefficient (Wildman–Crippen LogP) is 3.36. The standard InChI is InChI=1S/C15H23NO.ClH/c1-11-6-5-9-13(10-11)14(16)15(17)12-7-3-2-4-8-12;/h5-6,9-10,12,14-15,17H,2-4,7-8,16H2,1H3;1H/t14-,15+;/m0./s1. The summed E-state index contributed by atoms with van der Waals surface area (Å²) >= 11 is 0. The summed E-state index contributed by atoms with van der Waals surface area (Å²) < 4.78 is 0. The molecule has 1 aliphatic rings. The molecule has 3 heteroatoms. The first-order valence-corrected chi connectivity index (χ1v) is 6.68. The molecule has 102 valence electrons. The minimum Gasteiger partial charge on any atom is -0.391 e. The zero-order chi connectivity index (χ0) is 12.3. The Hall–Kier alpha value is -0.570. The summed E-state index contributed by atoms with van der Waals surface area (Å²) in [5.74, 6) is 0.388. The van der Waals surface area contributed by atoms with Gasteiger partial charge >= 0.3 is 0 Å². The zero-order valence-electron chi connectivity index (χ0n) is 11.0. The van der Waals surface area contributed by atoms with Crippen LogP contribution in [0, 0.1) is 12.8 Å². The van der Waals surface area contributed by atoms with Gasteiger partial charge in [-0.1, -0.05) is 49.1 Å². The monoisotopic (exact) mass is 269 g/mol. The molecule has 2 rings (SSSR count). The Labute approximate surface area is 116 Å². The molecule has 2 nitrogen and oxygen atoms in total. The smallest absolute Gasteiger partial charge is 0.0760 e. The number of nitrogens with two attached hydrogens (primary N) is 1. The van der Waals surface area contributed by atoms with E-state index in [-0.39, 0.29) is 18.4 Å². The highest BCUT2D eigenvalue weighted by Gasteiger charge is 2.27. The highest BCUT2D eigenvalue weighted by molar-refractivity contribution is 5.85. The van der Waals surface area contributed by atoms with Gasteiger partial charge in [0.15, 0.2) is 0 Å². The van der Waals surface area contributed by atoms with Crippen molar-refractivity contribution < 1.29 is 5.11 Å².